The van der Waals surface area contributed by atoms with Gasteiger partial charge in [-0.2, -0.15) is 5.10 Å². The van der Waals surface area contributed by atoms with Crippen LogP contribution in [0.1, 0.15) is 62.4 Å². The number of nitrogens with one attached hydrogen (secondary N) is 1. The first-order valence-corrected chi connectivity index (χ1v) is 10.9. The van der Waals surface area contributed by atoms with Crippen molar-refractivity contribution < 1.29 is 4.79 Å². The average molecular weight is 414 g/mol. The highest BCUT2D eigenvalue weighted by molar-refractivity contribution is 6.02. The van der Waals surface area contributed by atoms with E-state index in [9.17, 15) is 4.79 Å². The number of rotatable bonds is 5. The second-order valence-corrected chi connectivity index (χ2v) is 8.61. The van der Waals surface area contributed by atoms with E-state index in [0.29, 0.717) is 6.04 Å². The Kier molecular flexibility index (Phi) is 4.85. The molecule has 158 valence electrons. The molecule has 1 aromatic heterocycles. The lowest BCUT2D eigenvalue weighted by Gasteiger charge is -2.38. The quantitative estimate of drug-likeness (QED) is 0.635. The van der Waals surface area contributed by atoms with Crippen LogP contribution in [-0.2, 0) is 4.79 Å². The molecule has 1 atom stereocenters. The van der Waals surface area contributed by atoms with Crippen LogP contribution in [0.25, 0.3) is 0 Å². The number of aromatic nitrogens is 2. The molecule has 6 nitrogen and oxygen atoms in total. The van der Waals surface area contributed by atoms with E-state index in [1.165, 1.54) is 25.3 Å². The van der Waals surface area contributed by atoms with Gasteiger partial charge in [0.05, 0.1) is 12.2 Å². The summed E-state index contributed by atoms with van der Waals surface area (Å²) >= 11 is 0. The zero-order valence-corrected chi connectivity index (χ0v) is 18.1. The van der Waals surface area contributed by atoms with E-state index in [1.54, 1.807) is 0 Å². The highest BCUT2D eigenvalue weighted by Gasteiger charge is 2.42. The van der Waals surface area contributed by atoms with E-state index in [-0.39, 0.29) is 18.0 Å². The van der Waals surface area contributed by atoms with Gasteiger partial charge < -0.3 is 10.2 Å². The minimum absolute atomic E-state index is 0.0362. The van der Waals surface area contributed by atoms with E-state index in [2.05, 4.69) is 60.5 Å². The van der Waals surface area contributed by atoms with Gasteiger partial charge in [-0.15, -0.1) is 0 Å². The lowest BCUT2D eigenvalue weighted by atomic mass is 9.95. The molecule has 31 heavy (non-hydrogen) atoms. The maximum absolute atomic E-state index is 11.4. The van der Waals surface area contributed by atoms with Crippen LogP contribution in [0.4, 0.5) is 11.5 Å². The van der Waals surface area contributed by atoms with Gasteiger partial charge in [0.2, 0.25) is 5.91 Å². The van der Waals surface area contributed by atoms with Gasteiger partial charge in [0.15, 0.2) is 5.82 Å². The van der Waals surface area contributed by atoms with Crippen molar-refractivity contribution in [3.63, 3.8) is 0 Å². The first-order chi connectivity index (χ1) is 15.0. The van der Waals surface area contributed by atoms with Gasteiger partial charge in [0.25, 0.3) is 0 Å². The van der Waals surface area contributed by atoms with Crippen molar-refractivity contribution in [1.29, 1.82) is 0 Å². The van der Waals surface area contributed by atoms with E-state index >= 15 is 0 Å². The Balaban J connectivity index is 1.66. The number of carbonyl (C=O) groups excluding carboxylic acids is 1. The van der Waals surface area contributed by atoms with Crippen molar-refractivity contribution in [2.24, 2.45) is 4.99 Å². The molecule has 0 spiro atoms. The van der Waals surface area contributed by atoms with Gasteiger partial charge >= 0.3 is 0 Å². The molecule has 5 rings (SSSR count). The number of anilines is 1. The summed E-state index contributed by atoms with van der Waals surface area (Å²) in [6, 6.07) is 19.3. The summed E-state index contributed by atoms with van der Waals surface area (Å²) in [5.74, 6) is 1.87. The topological polar surface area (TPSA) is 62.5 Å². The SMILES string of the molecule is CC(=O)Nc1ccc(C2c3cnn(C(C)C)c3N=C(c3ccccc3)N2C2CC2)cc1. The largest absolute Gasteiger partial charge is 0.342 e. The Hall–Kier alpha value is -3.41. The van der Waals surface area contributed by atoms with Crippen LogP contribution in [0, 0.1) is 0 Å². The van der Waals surface area contributed by atoms with Gasteiger partial charge in [-0.3, -0.25) is 4.79 Å². The Morgan fingerprint density at radius 1 is 1.06 bits per heavy atom. The number of amidine groups is 1. The van der Waals surface area contributed by atoms with Crippen LogP contribution in [0.5, 0.6) is 0 Å². The monoisotopic (exact) mass is 413 g/mol. The summed E-state index contributed by atoms with van der Waals surface area (Å²) < 4.78 is 2.02. The number of carbonyl (C=O) groups is 1. The Morgan fingerprint density at radius 3 is 2.39 bits per heavy atom. The Labute approximate surface area is 182 Å². The van der Waals surface area contributed by atoms with Gasteiger partial charge in [-0.25, -0.2) is 9.67 Å². The normalized spacial score (nSPS) is 18.0. The first kappa shape index (κ1) is 19.5. The van der Waals surface area contributed by atoms with E-state index in [0.717, 1.165) is 28.5 Å². The molecule has 1 unspecified atom stereocenters. The summed E-state index contributed by atoms with van der Waals surface area (Å²) in [4.78, 5) is 19.1. The minimum atomic E-state index is -0.0657. The van der Waals surface area contributed by atoms with Gasteiger partial charge in [0.1, 0.15) is 5.84 Å². The van der Waals surface area contributed by atoms with E-state index in [1.807, 2.05) is 29.1 Å². The number of hydrogen-bond donors (Lipinski definition) is 1. The van der Waals surface area contributed by atoms with Gasteiger partial charge in [-0.1, -0.05) is 42.5 Å². The third-order valence-corrected chi connectivity index (χ3v) is 5.83. The van der Waals surface area contributed by atoms with Crippen LogP contribution in [-0.4, -0.2) is 32.5 Å². The predicted molar refractivity (Wildman–Crippen MR) is 123 cm³/mol. The Bertz CT molecular complexity index is 1130. The third kappa shape index (κ3) is 3.63. The standard InChI is InChI=1S/C25H27N5O/c1-16(2)30-25-22(15-26-30)23(18-9-11-20(12-10-18)27-17(3)31)29(21-13-14-21)24(28-25)19-7-5-4-6-8-19/h4-12,15-16,21,23H,13-14H2,1-3H3,(H,27,31). The number of nitrogens with zero attached hydrogens (tertiary/aromatic N) is 4. The summed E-state index contributed by atoms with van der Waals surface area (Å²) in [5.41, 5.74) is 4.23. The summed E-state index contributed by atoms with van der Waals surface area (Å²) in [6.07, 6.45) is 4.31. The number of hydrogen-bond acceptors (Lipinski definition) is 4. The maximum Gasteiger partial charge on any atom is 0.221 e. The van der Waals surface area contributed by atoms with Crippen LogP contribution < -0.4 is 5.32 Å². The fourth-order valence-corrected chi connectivity index (χ4v) is 4.32. The van der Waals surface area contributed by atoms with Crippen molar-refractivity contribution in [3.05, 3.63) is 77.5 Å². The highest BCUT2D eigenvalue weighted by atomic mass is 16.1. The zero-order valence-electron chi connectivity index (χ0n) is 18.1. The Morgan fingerprint density at radius 2 is 1.77 bits per heavy atom. The lowest BCUT2D eigenvalue weighted by molar-refractivity contribution is -0.114. The van der Waals surface area contributed by atoms with E-state index < -0.39 is 0 Å². The number of aliphatic imine (C=N–C) groups is 1. The van der Waals surface area contributed by atoms with Crippen LogP contribution >= 0.6 is 0 Å². The molecule has 1 N–H and O–H groups in total. The smallest absolute Gasteiger partial charge is 0.221 e. The van der Waals surface area contributed by atoms with Crippen LogP contribution in [0.15, 0.2) is 65.8 Å². The zero-order chi connectivity index (χ0) is 21.5. The summed E-state index contributed by atoms with van der Waals surface area (Å²) in [5, 5.41) is 7.56. The second-order valence-electron chi connectivity index (χ2n) is 8.61. The van der Waals surface area contributed by atoms with Crippen molar-refractivity contribution in [1.82, 2.24) is 14.7 Å². The van der Waals surface area contributed by atoms with Crippen molar-refractivity contribution >= 4 is 23.2 Å². The first-order valence-electron chi connectivity index (χ1n) is 10.9. The van der Waals surface area contributed by atoms with Crippen molar-refractivity contribution in [2.75, 3.05) is 5.32 Å². The van der Waals surface area contributed by atoms with Crippen molar-refractivity contribution in [3.8, 4) is 0 Å². The van der Waals surface area contributed by atoms with Crippen LogP contribution in [0.2, 0.25) is 0 Å². The molecule has 1 aliphatic carbocycles. The molecule has 2 aliphatic rings. The summed E-state index contributed by atoms with van der Waals surface area (Å²) in [6.45, 7) is 5.80. The molecule has 0 radical (unpaired) electrons. The highest BCUT2D eigenvalue weighted by Crippen LogP contribution is 2.46. The molecule has 1 saturated carbocycles. The molecule has 3 aromatic rings. The molecule has 1 fully saturated rings. The lowest BCUT2D eigenvalue weighted by Crippen LogP contribution is -2.40. The molecular weight excluding hydrogens is 386 g/mol. The predicted octanol–water partition coefficient (Wildman–Crippen LogP) is 5.07. The average Bonchev–Trinajstić information content (AvgIpc) is 3.51. The van der Waals surface area contributed by atoms with Crippen LogP contribution in [0.3, 0.4) is 0 Å². The molecule has 0 saturated heterocycles. The fourth-order valence-electron chi connectivity index (χ4n) is 4.32. The number of benzene rings is 2. The number of amides is 1. The number of fused-ring (bicyclic) bond motifs is 1. The minimum Gasteiger partial charge on any atom is -0.342 e. The van der Waals surface area contributed by atoms with E-state index in [4.69, 9.17) is 10.1 Å². The molecule has 2 heterocycles. The second kappa shape index (κ2) is 7.69. The molecule has 0 bridgehead atoms. The molecule has 6 heteroatoms. The molecular formula is C25H27N5O. The molecule has 1 aliphatic heterocycles. The van der Waals surface area contributed by atoms with Gasteiger partial charge in [0, 0.05) is 35.8 Å². The molecule has 2 aromatic carbocycles. The van der Waals surface area contributed by atoms with Gasteiger partial charge in [-0.05, 0) is 44.4 Å². The third-order valence-electron chi connectivity index (χ3n) is 5.83. The van der Waals surface area contributed by atoms with Crippen molar-refractivity contribution in [2.45, 2.75) is 51.7 Å². The summed E-state index contributed by atoms with van der Waals surface area (Å²) in [7, 11) is 0. The fraction of sp³-hybridized carbons (Fsp3) is 0.320. The molecule has 1 amide bonds. The maximum atomic E-state index is 11.4.